The topological polar surface area (TPSA) is 39.7 Å². The SMILES string of the molecule is CN(C(=O)c1ccc(N2CCN(Cc3ccccc3)CC2)cn1)c1ccccc1. The summed E-state index contributed by atoms with van der Waals surface area (Å²) in [6.07, 6.45) is 1.82. The van der Waals surface area contributed by atoms with Gasteiger partial charge in [0, 0.05) is 45.5 Å². The van der Waals surface area contributed by atoms with Crippen LogP contribution in [0.25, 0.3) is 0 Å². The lowest BCUT2D eigenvalue weighted by Gasteiger charge is -2.36. The third-order valence-corrected chi connectivity index (χ3v) is 5.40. The van der Waals surface area contributed by atoms with E-state index in [1.165, 1.54) is 5.56 Å². The third-order valence-electron chi connectivity index (χ3n) is 5.40. The highest BCUT2D eigenvalue weighted by atomic mass is 16.2. The Morgan fingerprint density at radius 2 is 1.55 bits per heavy atom. The highest BCUT2D eigenvalue weighted by molar-refractivity contribution is 6.04. The van der Waals surface area contributed by atoms with Gasteiger partial charge in [0.15, 0.2) is 0 Å². The van der Waals surface area contributed by atoms with Gasteiger partial charge in [-0.15, -0.1) is 0 Å². The minimum absolute atomic E-state index is 0.101. The molecule has 2 heterocycles. The number of carbonyl (C=O) groups is 1. The summed E-state index contributed by atoms with van der Waals surface area (Å²) in [6, 6.07) is 24.1. The minimum Gasteiger partial charge on any atom is -0.368 e. The van der Waals surface area contributed by atoms with Gasteiger partial charge < -0.3 is 9.80 Å². The summed E-state index contributed by atoms with van der Waals surface area (Å²) >= 11 is 0. The van der Waals surface area contributed by atoms with E-state index in [1.54, 1.807) is 11.9 Å². The Labute approximate surface area is 172 Å². The van der Waals surface area contributed by atoms with Crippen LogP contribution in [0.3, 0.4) is 0 Å². The van der Waals surface area contributed by atoms with Crippen molar-refractivity contribution < 1.29 is 4.79 Å². The normalized spacial score (nSPS) is 14.6. The Hall–Kier alpha value is -3.18. The molecule has 3 aromatic rings. The second kappa shape index (κ2) is 8.88. The van der Waals surface area contributed by atoms with Crippen molar-refractivity contribution in [2.45, 2.75) is 6.54 Å². The molecule has 1 aliphatic heterocycles. The van der Waals surface area contributed by atoms with E-state index in [4.69, 9.17) is 0 Å². The minimum atomic E-state index is -0.101. The van der Waals surface area contributed by atoms with Crippen LogP contribution < -0.4 is 9.80 Å². The van der Waals surface area contributed by atoms with Crippen molar-refractivity contribution in [2.24, 2.45) is 0 Å². The van der Waals surface area contributed by atoms with E-state index in [0.29, 0.717) is 5.69 Å². The van der Waals surface area contributed by atoms with Gasteiger partial charge in [0.05, 0.1) is 11.9 Å². The number of piperazine rings is 1. The van der Waals surface area contributed by atoms with E-state index in [9.17, 15) is 4.79 Å². The van der Waals surface area contributed by atoms with Gasteiger partial charge in [-0.3, -0.25) is 9.69 Å². The lowest BCUT2D eigenvalue weighted by molar-refractivity contribution is 0.0988. The monoisotopic (exact) mass is 386 g/mol. The van der Waals surface area contributed by atoms with E-state index in [2.05, 4.69) is 45.1 Å². The Morgan fingerprint density at radius 1 is 0.897 bits per heavy atom. The number of hydrogen-bond acceptors (Lipinski definition) is 4. The molecule has 1 fully saturated rings. The highest BCUT2D eigenvalue weighted by Gasteiger charge is 2.19. The second-order valence-corrected chi connectivity index (χ2v) is 7.35. The molecule has 1 aliphatic rings. The van der Waals surface area contributed by atoms with Crippen molar-refractivity contribution in [2.75, 3.05) is 43.0 Å². The Balaban J connectivity index is 1.34. The second-order valence-electron chi connectivity index (χ2n) is 7.35. The van der Waals surface area contributed by atoms with E-state index in [0.717, 1.165) is 44.1 Å². The number of aromatic nitrogens is 1. The first-order valence-electron chi connectivity index (χ1n) is 10.0. The summed E-state index contributed by atoms with van der Waals surface area (Å²) in [7, 11) is 1.78. The largest absolute Gasteiger partial charge is 0.368 e. The lowest BCUT2D eigenvalue weighted by atomic mass is 10.2. The number of benzene rings is 2. The molecule has 1 amide bonds. The molecule has 0 saturated carbocycles. The molecule has 0 radical (unpaired) electrons. The van der Waals surface area contributed by atoms with Gasteiger partial charge in [0.2, 0.25) is 0 Å². The van der Waals surface area contributed by atoms with Gasteiger partial charge in [-0.2, -0.15) is 0 Å². The Kier molecular flexibility index (Phi) is 5.86. The Morgan fingerprint density at radius 3 is 2.17 bits per heavy atom. The van der Waals surface area contributed by atoms with Crippen LogP contribution in [-0.4, -0.2) is 49.0 Å². The molecule has 1 saturated heterocycles. The lowest BCUT2D eigenvalue weighted by Crippen LogP contribution is -2.46. The summed E-state index contributed by atoms with van der Waals surface area (Å²) < 4.78 is 0. The first-order chi connectivity index (χ1) is 14.2. The van der Waals surface area contributed by atoms with E-state index >= 15 is 0 Å². The average molecular weight is 386 g/mol. The van der Waals surface area contributed by atoms with Crippen molar-refractivity contribution in [3.8, 4) is 0 Å². The first-order valence-corrected chi connectivity index (χ1v) is 10.0. The predicted octanol–water partition coefficient (Wildman–Crippen LogP) is 3.68. The molecular formula is C24H26N4O. The summed E-state index contributed by atoms with van der Waals surface area (Å²) in [6.45, 7) is 4.96. The zero-order valence-corrected chi connectivity index (χ0v) is 16.7. The van der Waals surface area contributed by atoms with Crippen molar-refractivity contribution in [1.29, 1.82) is 0 Å². The maximum atomic E-state index is 12.7. The zero-order valence-electron chi connectivity index (χ0n) is 16.7. The molecule has 29 heavy (non-hydrogen) atoms. The van der Waals surface area contributed by atoms with Crippen LogP contribution in [0.4, 0.5) is 11.4 Å². The standard InChI is InChI=1S/C24H26N4O/c1-26(21-10-6-3-7-11-21)24(29)23-13-12-22(18-25-23)28-16-14-27(15-17-28)19-20-8-4-2-5-9-20/h2-13,18H,14-17,19H2,1H3. The molecule has 1 aromatic heterocycles. The van der Waals surface area contributed by atoms with Crippen molar-refractivity contribution in [3.05, 3.63) is 90.3 Å². The van der Waals surface area contributed by atoms with Crippen LogP contribution in [0.15, 0.2) is 79.0 Å². The molecule has 0 spiro atoms. The summed E-state index contributed by atoms with van der Waals surface area (Å²) in [5.41, 5.74) is 3.75. The number of carbonyl (C=O) groups excluding carboxylic acids is 1. The maximum Gasteiger partial charge on any atom is 0.276 e. The van der Waals surface area contributed by atoms with Crippen LogP contribution in [0.2, 0.25) is 0 Å². The third kappa shape index (κ3) is 4.63. The average Bonchev–Trinajstić information content (AvgIpc) is 2.80. The van der Waals surface area contributed by atoms with Crippen LogP contribution in [0.5, 0.6) is 0 Å². The number of nitrogens with zero attached hydrogens (tertiary/aromatic N) is 4. The van der Waals surface area contributed by atoms with Crippen molar-refractivity contribution in [1.82, 2.24) is 9.88 Å². The van der Waals surface area contributed by atoms with Gasteiger partial charge in [0.25, 0.3) is 5.91 Å². The number of hydrogen-bond donors (Lipinski definition) is 0. The van der Waals surface area contributed by atoms with Crippen molar-refractivity contribution >= 4 is 17.3 Å². The number of pyridine rings is 1. The van der Waals surface area contributed by atoms with Crippen LogP contribution >= 0.6 is 0 Å². The Bertz CT molecular complexity index is 920. The van der Waals surface area contributed by atoms with Gasteiger partial charge in [0.1, 0.15) is 5.69 Å². The quantitative estimate of drug-likeness (QED) is 0.671. The van der Waals surface area contributed by atoms with E-state index in [-0.39, 0.29) is 5.91 Å². The molecule has 5 nitrogen and oxygen atoms in total. The summed E-state index contributed by atoms with van der Waals surface area (Å²) in [5, 5.41) is 0. The molecule has 0 unspecified atom stereocenters. The molecule has 0 aliphatic carbocycles. The van der Waals surface area contributed by atoms with Gasteiger partial charge >= 0.3 is 0 Å². The molecule has 0 N–H and O–H groups in total. The molecular weight excluding hydrogens is 360 g/mol. The van der Waals surface area contributed by atoms with Crippen molar-refractivity contribution in [3.63, 3.8) is 0 Å². The number of rotatable bonds is 5. The smallest absolute Gasteiger partial charge is 0.276 e. The van der Waals surface area contributed by atoms with Crippen LogP contribution in [-0.2, 0) is 6.54 Å². The van der Waals surface area contributed by atoms with Gasteiger partial charge in [-0.25, -0.2) is 4.98 Å². The number of amides is 1. The molecule has 148 valence electrons. The van der Waals surface area contributed by atoms with Crippen LogP contribution in [0, 0.1) is 0 Å². The first kappa shape index (κ1) is 19.2. The molecule has 0 atom stereocenters. The zero-order chi connectivity index (χ0) is 20.1. The molecule has 0 bridgehead atoms. The maximum absolute atomic E-state index is 12.7. The summed E-state index contributed by atoms with van der Waals surface area (Å²) in [5.74, 6) is -0.101. The summed E-state index contributed by atoms with van der Waals surface area (Å²) in [4.78, 5) is 23.6. The van der Waals surface area contributed by atoms with Gasteiger partial charge in [-0.1, -0.05) is 48.5 Å². The molecule has 5 heteroatoms. The number of para-hydroxylation sites is 1. The fourth-order valence-corrected chi connectivity index (χ4v) is 3.65. The van der Waals surface area contributed by atoms with Gasteiger partial charge in [-0.05, 0) is 29.8 Å². The fourth-order valence-electron chi connectivity index (χ4n) is 3.65. The number of anilines is 2. The predicted molar refractivity (Wildman–Crippen MR) is 117 cm³/mol. The fraction of sp³-hybridized carbons (Fsp3) is 0.250. The molecule has 4 rings (SSSR count). The van der Waals surface area contributed by atoms with E-state index in [1.807, 2.05) is 48.7 Å². The van der Waals surface area contributed by atoms with E-state index < -0.39 is 0 Å². The van der Waals surface area contributed by atoms with Crippen LogP contribution in [0.1, 0.15) is 16.1 Å². The highest BCUT2D eigenvalue weighted by Crippen LogP contribution is 2.19. The molecule has 2 aromatic carbocycles.